The fraction of sp³-hybridized carbons (Fsp3) is 0.909. The van der Waals surface area contributed by atoms with Gasteiger partial charge in [-0.05, 0) is 34.6 Å². The van der Waals surface area contributed by atoms with Crippen molar-refractivity contribution in [3.63, 3.8) is 0 Å². The monoisotopic (exact) mass is 231 g/mol. The molecule has 0 aromatic heterocycles. The molecule has 0 aromatic rings. The van der Waals surface area contributed by atoms with Crippen LogP contribution in [0.25, 0.3) is 0 Å². The van der Waals surface area contributed by atoms with Crippen molar-refractivity contribution in [3.8, 4) is 0 Å². The first-order valence-corrected chi connectivity index (χ1v) is 5.44. The number of amides is 1. The highest BCUT2D eigenvalue weighted by Crippen LogP contribution is 2.28. The van der Waals surface area contributed by atoms with Crippen LogP contribution in [0.2, 0.25) is 0 Å². The summed E-state index contributed by atoms with van der Waals surface area (Å²) < 4.78 is 10.7. The molecule has 5 heteroatoms. The largest absolute Gasteiger partial charge is 0.444 e. The van der Waals surface area contributed by atoms with Crippen LogP contribution in [0.4, 0.5) is 4.79 Å². The van der Waals surface area contributed by atoms with Gasteiger partial charge in [-0.15, -0.1) is 0 Å². The summed E-state index contributed by atoms with van der Waals surface area (Å²) in [7, 11) is 0. The Balaban J connectivity index is 2.79. The summed E-state index contributed by atoms with van der Waals surface area (Å²) in [4.78, 5) is 13.4. The second-order valence-corrected chi connectivity index (χ2v) is 5.44. The molecule has 1 aliphatic heterocycles. The average molecular weight is 231 g/mol. The van der Waals surface area contributed by atoms with Crippen molar-refractivity contribution >= 4 is 6.09 Å². The number of ether oxygens (including phenoxy) is 2. The van der Waals surface area contributed by atoms with Gasteiger partial charge in [0, 0.05) is 0 Å². The molecule has 5 nitrogen and oxygen atoms in total. The molecule has 0 aliphatic carbocycles. The molecule has 1 amide bonds. The highest BCUT2D eigenvalue weighted by Gasteiger charge is 2.45. The van der Waals surface area contributed by atoms with E-state index in [1.807, 2.05) is 20.8 Å². The molecule has 1 N–H and O–H groups in total. The molecular formula is C11H21NO4. The van der Waals surface area contributed by atoms with E-state index in [0.29, 0.717) is 6.61 Å². The standard InChI is InChI=1S/C11H21NO4/c1-10(2,3)16-9(14)12-8(6-13)7-15-11(12,4)5/h8,13H,6-7H2,1-5H3. The molecule has 16 heavy (non-hydrogen) atoms. The minimum Gasteiger partial charge on any atom is -0.444 e. The molecule has 1 fully saturated rings. The van der Waals surface area contributed by atoms with E-state index in [1.54, 1.807) is 13.8 Å². The van der Waals surface area contributed by atoms with Crippen LogP contribution in [0.3, 0.4) is 0 Å². The number of hydrogen-bond acceptors (Lipinski definition) is 4. The number of hydrogen-bond donors (Lipinski definition) is 1. The third kappa shape index (κ3) is 2.86. The van der Waals surface area contributed by atoms with Crippen LogP contribution in [-0.2, 0) is 9.47 Å². The lowest BCUT2D eigenvalue weighted by Gasteiger charge is -2.34. The van der Waals surface area contributed by atoms with E-state index in [0.717, 1.165) is 0 Å². The van der Waals surface area contributed by atoms with E-state index in [4.69, 9.17) is 9.47 Å². The van der Waals surface area contributed by atoms with Gasteiger partial charge < -0.3 is 14.6 Å². The minimum absolute atomic E-state index is 0.122. The normalized spacial score (nSPS) is 24.6. The molecule has 0 saturated carbocycles. The van der Waals surface area contributed by atoms with Crippen LogP contribution in [0.5, 0.6) is 0 Å². The van der Waals surface area contributed by atoms with E-state index >= 15 is 0 Å². The van der Waals surface area contributed by atoms with Crippen LogP contribution < -0.4 is 0 Å². The summed E-state index contributed by atoms with van der Waals surface area (Å²) in [6.07, 6.45) is -0.450. The van der Waals surface area contributed by atoms with E-state index in [2.05, 4.69) is 0 Å². The van der Waals surface area contributed by atoms with Crippen molar-refractivity contribution < 1.29 is 19.4 Å². The Labute approximate surface area is 96.3 Å². The first-order valence-electron chi connectivity index (χ1n) is 5.44. The molecule has 1 saturated heterocycles. The summed E-state index contributed by atoms with van der Waals surface area (Å²) in [5.74, 6) is 0. The highest BCUT2D eigenvalue weighted by molar-refractivity contribution is 5.69. The number of aliphatic hydroxyl groups is 1. The van der Waals surface area contributed by atoms with Gasteiger partial charge in [-0.3, -0.25) is 4.90 Å². The predicted octanol–water partition coefficient (Wildman–Crippen LogP) is 1.35. The third-order valence-corrected chi connectivity index (χ3v) is 2.38. The second kappa shape index (κ2) is 4.22. The van der Waals surface area contributed by atoms with Crippen molar-refractivity contribution in [1.29, 1.82) is 0 Å². The molecule has 1 atom stereocenters. The molecular weight excluding hydrogens is 210 g/mol. The van der Waals surface area contributed by atoms with Gasteiger partial charge in [-0.1, -0.05) is 0 Å². The maximum absolute atomic E-state index is 12.0. The van der Waals surface area contributed by atoms with Gasteiger partial charge in [-0.2, -0.15) is 0 Å². The van der Waals surface area contributed by atoms with Crippen molar-refractivity contribution in [2.24, 2.45) is 0 Å². The Bertz CT molecular complexity index is 270. The first-order chi connectivity index (χ1) is 7.17. The number of carbonyl (C=O) groups is 1. The first kappa shape index (κ1) is 13.3. The Hall–Kier alpha value is -0.810. The zero-order valence-corrected chi connectivity index (χ0v) is 10.6. The van der Waals surface area contributed by atoms with Crippen LogP contribution in [0, 0.1) is 0 Å². The summed E-state index contributed by atoms with van der Waals surface area (Å²) in [5, 5.41) is 9.19. The minimum atomic E-state index is -0.726. The number of rotatable bonds is 1. The fourth-order valence-corrected chi connectivity index (χ4v) is 1.70. The van der Waals surface area contributed by atoms with Gasteiger partial charge in [0.05, 0.1) is 19.3 Å². The Morgan fingerprint density at radius 2 is 2.12 bits per heavy atom. The van der Waals surface area contributed by atoms with E-state index in [1.165, 1.54) is 4.90 Å². The van der Waals surface area contributed by atoms with Crippen molar-refractivity contribution in [2.45, 2.75) is 52.0 Å². The highest BCUT2D eigenvalue weighted by atomic mass is 16.6. The van der Waals surface area contributed by atoms with Gasteiger partial charge in [0.2, 0.25) is 0 Å². The van der Waals surface area contributed by atoms with Gasteiger partial charge in [0.1, 0.15) is 11.3 Å². The lowest BCUT2D eigenvalue weighted by molar-refractivity contribution is -0.0641. The zero-order chi connectivity index (χ0) is 12.6. The Morgan fingerprint density at radius 1 is 1.56 bits per heavy atom. The van der Waals surface area contributed by atoms with Crippen LogP contribution in [0.1, 0.15) is 34.6 Å². The molecule has 94 valence electrons. The summed E-state index contributed by atoms with van der Waals surface area (Å²) in [6.45, 7) is 9.21. The van der Waals surface area contributed by atoms with Crippen LogP contribution in [0.15, 0.2) is 0 Å². The maximum atomic E-state index is 12.0. The molecule has 0 bridgehead atoms. The number of carbonyl (C=O) groups excluding carboxylic acids is 1. The number of nitrogens with zero attached hydrogens (tertiary/aromatic N) is 1. The SMILES string of the molecule is CC(C)(C)OC(=O)N1C(CO)COC1(C)C. The molecule has 0 spiro atoms. The molecule has 0 radical (unpaired) electrons. The molecule has 1 unspecified atom stereocenters. The van der Waals surface area contributed by atoms with Crippen molar-refractivity contribution in [3.05, 3.63) is 0 Å². The van der Waals surface area contributed by atoms with Crippen molar-refractivity contribution in [1.82, 2.24) is 4.90 Å². The Morgan fingerprint density at radius 3 is 2.56 bits per heavy atom. The topological polar surface area (TPSA) is 59.0 Å². The molecule has 1 aliphatic rings. The Kier molecular flexibility index (Phi) is 3.50. The lowest BCUT2D eigenvalue weighted by Crippen LogP contribution is -2.50. The molecule has 1 heterocycles. The molecule has 0 aromatic carbocycles. The van der Waals surface area contributed by atoms with E-state index < -0.39 is 17.4 Å². The summed E-state index contributed by atoms with van der Waals surface area (Å²) >= 11 is 0. The quantitative estimate of drug-likeness (QED) is 0.740. The third-order valence-electron chi connectivity index (χ3n) is 2.38. The van der Waals surface area contributed by atoms with Crippen molar-refractivity contribution in [2.75, 3.05) is 13.2 Å². The summed E-state index contributed by atoms with van der Waals surface area (Å²) in [6, 6.07) is -0.329. The average Bonchev–Trinajstić information content (AvgIpc) is 2.37. The lowest BCUT2D eigenvalue weighted by atomic mass is 10.2. The zero-order valence-electron chi connectivity index (χ0n) is 10.6. The van der Waals surface area contributed by atoms with E-state index in [9.17, 15) is 9.90 Å². The number of aliphatic hydroxyl groups excluding tert-OH is 1. The van der Waals surface area contributed by atoms with Gasteiger partial charge >= 0.3 is 6.09 Å². The van der Waals surface area contributed by atoms with Gasteiger partial charge in [0.15, 0.2) is 0 Å². The molecule has 1 rings (SSSR count). The summed E-state index contributed by atoms with van der Waals surface area (Å²) in [5.41, 5.74) is -1.27. The van der Waals surface area contributed by atoms with Crippen LogP contribution >= 0.6 is 0 Å². The predicted molar refractivity (Wildman–Crippen MR) is 59.0 cm³/mol. The van der Waals surface area contributed by atoms with Gasteiger partial charge in [-0.25, -0.2) is 4.79 Å². The van der Waals surface area contributed by atoms with Gasteiger partial charge in [0.25, 0.3) is 0 Å². The maximum Gasteiger partial charge on any atom is 0.412 e. The fourth-order valence-electron chi connectivity index (χ4n) is 1.70. The smallest absolute Gasteiger partial charge is 0.412 e. The van der Waals surface area contributed by atoms with Crippen LogP contribution in [-0.4, -0.2) is 46.7 Å². The second-order valence-electron chi connectivity index (χ2n) is 5.44. The van der Waals surface area contributed by atoms with E-state index in [-0.39, 0.29) is 12.6 Å².